The summed E-state index contributed by atoms with van der Waals surface area (Å²) in [4.78, 5) is 11.7. The highest BCUT2D eigenvalue weighted by Gasteiger charge is 2.13. The lowest BCUT2D eigenvalue weighted by molar-refractivity contribution is 0.0465. The van der Waals surface area contributed by atoms with Gasteiger partial charge in [0.1, 0.15) is 18.2 Å². The Labute approximate surface area is 118 Å². The predicted molar refractivity (Wildman–Crippen MR) is 71.3 cm³/mol. The highest BCUT2D eigenvalue weighted by Crippen LogP contribution is 2.20. The van der Waals surface area contributed by atoms with E-state index in [-0.39, 0.29) is 16.8 Å². The molecule has 0 aromatic heterocycles. The highest BCUT2D eigenvalue weighted by atomic mass is 35.5. The molecule has 0 bridgehead atoms. The molecule has 3 nitrogen and oxygen atoms in total. The number of carbonyl (C=O) groups excluding carboxylic acids is 1. The van der Waals surface area contributed by atoms with Gasteiger partial charge in [-0.25, -0.2) is 13.6 Å². The van der Waals surface area contributed by atoms with Gasteiger partial charge in [-0.1, -0.05) is 17.7 Å². The van der Waals surface area contributed by atoms with Gasteiger partial charge in [0.05, 0.1) is 21.8 Å². The van der Waals surface area contributed by atoms with Crippen molar-refractivity contribution < 1.29 is 18.3 Å². The van der Waals surface area contributed by atoms with Gasteiger partial charge in [0.2, 0.25) is 0 Å². The monoisotopic (exact) mass is 297 g/mol. The summed E-state index contributed by atoms with van der Waals surface area (Å²) in [5.41, 5.74) is 5.63. The third-order valence-corrected chi connectivity index (χ3v) is 2.99. The van der Waals surface area contributed by atoms with Crippen molar-refractivity contribution in [3.8, 4) is 0 Å². The number of nitrogens with two attached hydrogens (primary N) is 1. The van der Waals surface area contributed by atoms with Crippen molar-refractivity contribution in [2.45, 2.75) is 6.61 Å². The normalized spacial score (nSPS) is 10.3. The first kappa shape index (κ1) is 14.3. The minimum atomic E-state index is -0.770. The molecule has 2 N–H and O–H groups in total. The van der Waals surface area contributed by atoms with Gasteiger partial charge in [-0.15, -0.1) is 0 Å². The Morgan fingerprint density at radius 3 is 2.45 bits per heavy atom. The number of anilines is 1. The molecule has 0 unspecified atom stereocenters. The third-order valence-electron chi connectivity index (χ3n) is 2.64. The number of ether oxygens (including phenoxy) is 1. The van der Waals surface area contributed by atoms with Crippen LogP contribution in [0.2, 0.25) is 5.02 Å². The van der Waals surface area contributed by atoms with Crippen LogP contribution in [0.25, 0.3) is 0 Å². The summed E-state index contributed by atoms with van der Waals surface area (Å²) in [5, 5.41) is 0.307. The SMILES string of the molecule is Nc1cc(C(=O)OCc2c(F)cccc2F)ccc1Cl. The van der Waals surface area contributed by atoms with Crippen LogP contribution in [-0.2, 0) is 11.3 Å². The topological polar surface area (TPSA) is 52.3 Å². The lowest BCUT2D eigenvalue weighted by Crippen LogP contribution is -2.08. The number of hydrogen-bond donors (Lipinski definition) is 1. The first-order valence-corrected chi connectivity index (χ1v) is 6.02. The van der Waals surface area contributed by atoms with E-state index in [0.29, 0.717) is 5.02 Å². The zero-order valence-corrected chi connectivity index (χ0v) is 11.0. The van der Waals surface area contributed by atoms with Gasteiger partial charge in [-0.05, 0) is 30.3 Å². The first-order chi connectivity index (χ1) is 9.49. The Morgan fingerprint density at radius 2 is 1.85 bits per heavy atom. The number of rotatable bonds is 3. The fourth-order valence-electron chi connectivity index (χ4n) is 1.56. The van der Waals surface area contributed by atoms with Gasteiger partial charge in [0, 0.05) is 0 Å². The smallest absolute Gasteiger partial charge is 0.338 e. The molecule has 2 rings (SSSR count). The van der Waals surface area contributed by atoms with Crippen LogP contribution in [0.4, 0.5) is 14.5 Å². The Hall–Kier alpha value is -2.14. The maximum absolute atomic E-state index is 13.4. The molecule has 0 fully saturated rings. The molecule has 0 aliphatic rings. The summed E-state index contributed by atoms with van der Waals surface area (Å²) in [6.07, 6.45) is 0. The highest BCUT2D eigenvalue weighted by molar-refractivity contribution is 6.33. The zero-order chi connectivity index (χ0) is 14.7. The lowest BCUT2D eigenvalue weighted by atomic mass is 10.2. The van der Waals surface area contributed by atoms with Crippen LogP contribution in [0.15, 0.2) is 36.4 Å². The molecule has 0 heterocycles. The summed E-state index contributed by atoms with van der Waals surface area (Å²) in [6.45, 7) is -0.500. The Bertz CT molecular complexity index is 641. The van der Waals surface area contributed by atoms with Crippen molar-refractivity contribution >= 4 is 23.3 Å². The van der Waals surface area contributed by atoms with E-state index < -0.39 is 24.2 Å². The molecule has 2 aromatic rings. The minimum absolute atomic E-state index is 0.156. The van der Waals surface area contributed by atoms with E-state index >= 15 is 0 Å². The fraction of sp³-hybridized carbons (Fsp3) is 0.0714. The summed E-state index contributed by atoms with van der Waals surface area (Å²) in [6, 6.07) is 7.60. The second kappa shape index (κ2) is 5.88. The van der Waals surface area contributed by atoms with Crippen LogP contribution in [0, 0.1) is 11.6 Å². The van der Waals surface area contributed by atoms with Crippen molar-refractivity contribution in [1.29, 1.82) is 0 Å². The number of carbonyl (C=O) groups is 1. The fourth-order valence-corrected chi connectivity index (χ4v) is 1.68. The van der Waals surface area contributed by atoms with Crippen molar-refractivity contribution in [2.75, 3.05) is 5.73 Å². The molecule has 0 radical (unpaired) electrons. The van der Waals surface area contributed by atoms with Crippen LogP contribution >= 0.6 is 11.6 Å². The van der Waals surface area contributed by atoms with Crippen LogP contribution in [0.5, 0.6) is 0 Å². The molecule has 0 aliphatic carbocycles. The Morgan fingerprint density at radius 1 is 1.20 bits per heavy atom. The molecule has 0 spiro atoms. The second-order valence-electron chi connectivity index (χ2n) is 4.01. The Balaban J connectivity index is 2.11. The van der Waals surface area contributed by atoms with Gasteiger partial charge in [0.25, 0.3) is 0 Å². The van der Waals surface area contributed by atoms with Crippen LogP contribution in [0.1, 0.15) is 15.9 Å². The average molecular weight is 298 g/mol. The Kier molecular flexibility index (Phi) is 4.20. The zero-order valence-electron chi connectivity index (χ0n) is 10.2. The van der Waals surface area contributed by atoms with E-state index in [1.54, 1.807) is 0 Å². The first-order valence-electron chi connectivity index (χ1n) is 5.64. The largest absolute Gasteiger partial charge is 0.457 e. The summed E-state index contributed by atoms with van der Waals surface area (Å²) in [5.74, 6) is -2.28. The summed E-state index contributed by atoms with van der Waals surface area (Å²) in [7, 11) is 0. The molecule has 0 atom stereocenters. The lowest BCUT2D eigenvalue weighted by Gasteiger charge is -2.07. The minimum Gasteiger partial charge on any atom is -0.457 e. The van der Waals surface area contributed by atoms with Crippen LogP contribution in [0.3, 0.4) is 0 Å². The van der Waals surface area contributed by atoms with Crippen molar-refractivity contribution in [1.82, 2.24) is 0 Å². The molecule has 104 valence electrons. The molecule has 20 heavy (non-hydrogen) atoms. The molecule has 0 saturated heterocycles. The van der Waals surface area contributed by atoms with Gasteiger partial charge in [-0.2, -0.15) is 0 Å². The number of esters is 1. The second-order valence-corrected chi connectivity index (χ2v) is 4.42. The molecule has 2 aromatic carbocycles. The number of halogens is 3. The molecule has 6 heteroatoms. The molecule has 0 aliphatic heterocycles. The summed E-state index contributed by atoms with van der Waals surface area (Å²) < 4.78 is 31.6. The van der Waals surface area contributed by atoms with Gasteiger partial charge < -0.3 is 10.5 Å². The van der Waals surface area contributed by atoms with E-state index in [2.05, 4.69) is 0 Å². The van der Waals surface area contributed by atoms with E-state index in [0.717, 1.165) is 12.1 Å². The van der Waals surface area contributed by atoms with Gasteiger partial charge in [0.15, 0.2) is 0 Å². The van der Waals surface area contributed by atoms with E-state index in [4.69, 9.17) is 22.1 Å². The van der Waals surface area contributed by atoms with Gasteiger partial charge >= 0.3 is 5.97 Å². The van der Waals surface area contributed by atoms with Crippen LogP contribution < -0.4 is 5.73 Å². The molecular formula is C14H10ClF2NO2. The van der Waals surface area contributed by atoms with E-state index in [9.17, 15) is 13.6 Å². The van der Waals surface area contributed by atoms with Crippen molar-refractivity contribution in [2.24, 2.45) is 0 Å². The maximum atomic E-state index is 13.4. The van der Waals surface area contributed by atoms with Crippen molar-refractivity contribution in [3.63, 3.8) is 0 Å². The van der Waals surface area contributed by atoms with Crippen molar-refractivity contribution in [3.05, 3.63) is 64.2 Å². The van der Waals surface area contributed by atoms with Crippen LogP contribution in [-0.4, -0.2) is 5.97 Å². The molecular weight excluding hydrogens is 288 g/mol. The third kappa shape index (κ3) is 3.05. The van der Waals surface area contributed by atoms with E-state index in [1.165, 1.54) is 24.3 Å². The molecule has 0 saturated carbocycles. The van der Waals surface area contributed by atoms with Gasteiger partial charge in [-0.3, -0.25) is 0 Å². The average Bonchev–Trinajstić information content (AvgIpc) is 2.41. The molecule has 0 amide bonds. The standard InChI is InChI=1S/C14H10ClF2NO2/c15-10-5-4-8(6-13(10)18)14(19)20-7-9-11(16)2-1-3-12(9)17/h1-6H,7,18H2. The summed E-state index contributed by atoms with van der Waals surface area (Å²) >= 11 is 5.72. The number of benzene rings is 2. The quantitative estimate of drug-likeness (QED) is 0.696. The number of nitrogen functional groups attached to an aromatic ring is 1. The maximum Gasteiger partial charge on any atom is 0.338 e. The predicted octanol–water partition coefficient (Wildman–Crippen LogP) is 3.56. The van der Waals surface area contributed by atoms with E-state index in [1.807, 2.05) is 0 Å². The number of hydrogen-bond acceptors (Lipinski definition) is 3.